The van der Waals surface area contributed by atoms with E-state index in [2.05, 4.69) is 22.0 Å². The molecule has 5 nitrogen and oxygen atoms in total. The first-order chi connectivity index (χ1) is 17.4. The number of nitrogens with one attached hydrogen (secondary N) is 1. The average molecular weight is 553 g/mol. The minimum atomic E-state index is -0.0930. The largest absolute Gasteiger partial charge is 0.489 e. The Balaban J connectivity index is 1.20. The van der Waals surface area contributed by atoms with E-state index < -0.39 is 0 Å². The summed E-state index contributed by atoms with van der Waals surface area (Å²) in [6.07, 6.45) is 6.74. The molecule has 0 bridgehead atoms. The molecule has 0 radical (unpaired) electrons. The number of nitrogens with zero attached hydrogens (tertiary/aromatic N) is 2. The summed E-state index contributed by atoms with van der Waals surface area (Å²) < 4.78 is 6.20. The van der Waals surface area contributed by atoms with E-state index in [0.717, 1.165) is 51.0 Å². The van der Waals surface area contributed by atoms with Crippen LogP contribution in [-0.2, 0) is 6.54 Å². The number of piperidine rings is 2. The third-order valence-corrected chi connectivity index (χ3v) is 7.93. The second-order valence-electron chi connectivity index (χ2n) is 10.0. The molecule has 2 fully saturated rings. The van der Waals surface area contributed by atoms with Crippen molar-refractivity contribution in [3.8, 4) is 5.75 Å². The third-order valence-electron chi connectivity index (χ3n) is 7.20. The number of amides is 1. The standard InChI is InChI=1S/C28H36Cl3N3O2/c1-20-5-2-3-11-34(20)12-4-10-32-28(35)22-6-7-27(26(31)17-22)36-25-8-13-33(14-9-25)19-21-15-23(29)18-24(30)16-21/h6-7,15-18,20,25H,2-5,8-14,19H2,1H3,(H,32,35)/t20-/m1/s1. The molecule has 1 N–H and O–H groups in total. The number of carbonyl (C=O) groups is 1. The Morgan fingerprint density at radius 3 is 2.44 bits per heavy atom. The number of carbonyl (C=O) groups excluding carboxylic acids is 1. The number of rotatable bonds is 9. The molecule has 0 unspecified atom stereocenters. The van der Waals surface area contributed by atoms with Gasteiger partial charge in [-0.2, -0.15) is 0 Å². The van der Waals surface area contributed by atoms with Crippen molar-refractivity contribution < 1.29 is 9.53 Å². The highest BCUT2D eigenvalue weighted by atomic mass is 35.5. The third kappa shape index (κ3) is 8.00. The van der Waals surface area contributed by atoms with Crippen LogP contribution in [0.2, 0.25) is 15.1 Å². The summed E-state index contributed by atoms with van der Waals surface area (Å²) in [4.78, 5) is 17.5. The molecule has 1 atom stereocenters. The number of hydrogen-bond donors (Lipinski definition) is 1. The maximum absolute atomic E-state index is 12.6. The highest BCUT2D eigenvalue weighted by Gasteiger charge is 2.22. The molecule has 2 heterocycles. The van der Waals surface area contributed by atoms with E-state index in [-0.39, 0.29) is 12.0 Å². The molecule has 0 aliphatic carbocycles. The maximum Gasteiger partial charge on any atom is 0.251 e. The molecule has 196 valence electrons. The van der Waals surface area contributed by atoms with Crippen LogP contribution in [0, 0.1) is 0 Å². The smallest absolute Gasteiger partial charge is 0.251 e. The number of likely N-dealkylation sites (tertiary alicyclic amines) is 2. The Kier molecular flexibility index (Phi) is 10.2. The predicted molar refractivity (Wildman–Crippen MR) is 149 cm³/mol. The molecule has 2 aromatic carbocycles. The summed E-state index contributed by atoms with van der Waals surface area (Å²) in [6, 6.07) is 11.6. The van der Waals surface area contributed by atoms with Crippen LogP contribution in [0.5, 0.6) is 5.75 Å². The second-order valence-corrected chi connectivity index (χ2v) is 11.3. The van der Waals surface area contributed by atoms with Crippen LogP contribution in [0.4, 0.5) is 0 Å². The van der Waals surface area contributed by atoms with Gasteiger partial charge in [-0.3, -0.25) is 9.69 Å². The van der Waals surface area contributed by atoms with Crippen molar-refractivity contribution in [2.24, 2.45) is 0 Å². The van der Waals surface area contributed by atoms with Gasteiger partial charge in [-0.05, 0) is 87.5 Å². The van der Waals surface area contributed by atoms with E-state index in [1.807, 2.05) is 18.2 Å². The second kappa shape index (κ2) is 13.3. The molecule has 0 saturated carbocycles. The van der Waals surface area contributed by atoms with Gasteiger partial charge in [-0.1, -0.05) is 41.2 Å². The van der Waals surface area contributed by atoms with Gasteiger partial charge in [0.1, 0.15) is 11.9 Å². The van der Waals surface area contributed by atoms with Crippen LogP contribution in [0.15, 0.2) is 36.4 Å². The van der Waals surface area contributed by atoms with Gasteiger partial charge in [0.25, 0.3) is 5.91 Å². The van der Waals surface area contributed by atoms with E-state index in [4.69, 9.17) is 39.5 Å². The van der Waals surface area contributed by atoms with Crippen molar-refractivity contribution in [2.75, 3.05) is 32.7 Å². The normalized spacial score (nSPS) is 19.8. The fourth-order valence-electron chi connectivity index (χ4n) is 5.14. The Labute approximate surface area is 230 Å². The van der Waals surface area contributed by atoms with Crippen molar-refractivity contribution in [2.45, 2.75) is 64.1 Å². The monoisotopic (exact) mass is 551 g/mol. The van der Waals surface area contributed by atoms with Crippen LogP contribution in [0.1, 0.15) is 61.4 Å². The number of benzene rings is 2. The molecule has 0 aromatic heterocycles. The summed E-state index contributed by atoms with van der Waals surface area (Å²) in [5.74, 6) is 0.539. The lowest BCUT2D eigenvalue weighted by atomic mass is 10.0. The van der Waals surface area contributed by atoms with E-state index in [9.17, 15) is 4.79 Å². The predicted octanol–water partition coefficient (Wildman–Crippen LogP) is 6.68. The number of ether oxygens (including phenoxy) is 1. The lowest BCUT2D eigenvalue weighted by Crippen LogP contribution is -2.39. The molecule has 2 aliphatic rings. The van der Waals surface area contributed by atoms with Gasteiger partial charge in [0, 0.05) is 54.4 Å². The zero-order chi connectivity index (χ0) is 25.5. The Bertz CT molecular complexity index is 1010. The first-order valence-electron chi connectivity index (χ1n) is 13.0. The van der Waals surface area contributed by atoms with Gasteiger partial charge in [0.2, 0.25) is 0 Å². The first-order valence-corrected chi connectivity index (χ1v) is 14.2. The lowest BCUT2D eigenvalue weighted by molar-refractivity contribution is 0.0946. The summed E-state index contributed by atoms with van der Waals surface area (Å²) in [5, 5.41) is 4.82. The summed E-state index contributed by atoms with van der Waals surface area (Å²) in [6.45, 7) is 7.81. The Morgan fingerprint density at radius 1 is 1.00 bits per heavy atom. The quantitative estimate of drug-likeness (QED) is 0.352. The van der Waals surface area contributed by atoms with Crippen molar-refractivity contribution in [1.29, 1.82) is 0 Å². The lowest BCUT2D eigenvalue weighted by Gasteiger charge is -2.33. The number of halogens is 3. The van der Waals surface area contributed by atoms with Crippen molar-refractivity contribution in [3.63, 3.8) is 0 Å². The first kappa shape index (κ1) is 27.5. The van der Waals surface area contributed by atoms with Crippen molar-refractivity contribution in [1.82, 2.24) is 15.1 Å². The van der Waals surface area contributed by atoms with Gasteiger partial charge in [0.15, 0.2) is 0 Å². The molecule has 2 aromatic rings. The van der Waals surface area contributed by atoms with Gasteiger partial charge < -0.3 is 15.0 Å². The van der Waals surface area contributed by atoms with E-state index in [1.165, 1.54) is 25.8 Å². The molecule has 4 rings (SSSR count). The van der Waals surface area contributed by atoms with E-state index in [1.54, 1.807) is 18.2 Å². The molecular formula is C28H36Cl3N3O2. The maximum atomic E-state index is 12.6. The van der Waals surface area contributed by atoms with Crippen molar-refractivity contribution in [3.05, 3.63) is 62.6 Å². The average Bonchev–Trinajstić information content (AvgIpc) is 2.84. The van der Waals surface area contributed by atoms with Crippen LogP contribution in [-0.4, -0.2) is 60.6 Å². The summed E-state index contributed by atoms with van der Waals surface area (Å²) >= 11 is 18.8. The summed E-state index contributed by atoms with van der Waals surface area (Å²) in [5.41, 5.74) is 1.68. The molecule has 0 spiro atoms. The minimum Gasteiger partial charge on any atom is -0.489 e. The van der Waals surface area contributed by atoms with Gasteiger partial charge in [-0.15, -0.1) is 0 Å². The Hall–Kier alpha value is -1.50. The van der Waals surface area contributed by atoms with Crippen LogP contribution < -0.4 is 10.1 Å². The topological polar surface area (TPSA) is 44.8 Å². The molecule has 8 heteroatoms. The highest BCUT2D eigenvalue weighted by Crippen LogP contribution is 2.29. The Morgan fingerprint density at radius 2 is 1.75 bits per heavy atom. The highest BCUT2D eigenvalue weighted by molar-refractivity contribution is 6.34. The summed E-state index contributed by atoms with van der Waals surface area (Å²) in [7, 11) is 0. The van der Waals surface area contributed by atoms with Crippen LogP contribution in [0.3, 0.4) is 0 Å². The zero-order valence-electron chi connectivity index (χ0n) is 20.9. The zero-order valence-corrected chi connectivity index (χ0v) is 23.2. The molecule has 2 aliphatic heterocycles. The number of hydrogen-bond acceptors (Lipinski definition) is 4. The van der Waals surface area contributed by atoms with Gasteiger partial charge >= 0.3 is 0 Å². The molecule has 36 heavy (non-hydrogen) atoms. The molecule has 1 amide bonds. The van der Waals surface area contributed by atoms with E-state index in [0.29, 0.717) is 39.0 Å². The minimum absolute atomic E-state index is 0.0930. The van der Waals surface area contributed by atoms with Gasteiger partial charge in [0.05, 0.1) is 5.02 Å². The SMILES string of the molecule is C[C@@H]1CCCCN1CCCNC(=O)c1ccc(OC2CCN(Cc3cc(Cl)cc(Cl)c3)CC2)c(Cl)c1. The van der Waals surface area contributed by atoms with E-state index >= 15 is 0 Å². The fraction of sp³-hybridized carbons (Fsp3) is 0.536. The molecular weight excluding hydrogens is 517 g/mol. The van der Waals surface area contributed by atoms with Crippen molar-refractivity contribution >= 4 is 40.7 Å². The van der Waals surface area contributed by atoms with Gasteiger partial charge in [-0.25, -0.2) is 0 Å². The molecule has 2 saturated heterocycles. The fourth-order valence-corrected chi connectivity index (χ4v) is 5.94. The van der Waals surface area contributed by atoms with Crippen LogP contribution in [0.25, 0.3) is 0 Å². The van der Waals surface area contributed by atoms with Crippen LogP contribution >= 0.6 is 34.8 Å².